The van der Waals surface area contributed by atoms with Crippen molar-refractivity contribution in [2.24, 2.45) is 0 Å². The van der Waals surface area contributed by atoms with E-state index in [1.807, 2.05) is 0 Å². The summed E-state index contributed by atoms with van der Waals surface area (Å²) in [6.45, 7) is 0. The topological polar surface area (TPSA) is 64.5 Å². The Balaban J connectivity index is 2.91. The fraction of sp³-hybridized carbons (Fsp3) is 0. The van der Waals surface area contributed by atoms with Gasteiger partial charge in [-0.15, -0.1) is 10.2 Å². The minimum absolute atomic E-state index is 0.296. The zero-order chi connectivity index (χ0) is 7.68. The second kappa shape index (κ2) is 2.35. The van der Waals surface area contributed by atoms with Crippen LogP contribution in [-0.2, 0) is 0 Å². The molecule has 0 fully saturated rings. The number of halogens is 1. The predicted molar refractivity (Wildman–Crippen MR) is 37.9 cm³/mol. The first-order chi connectivity index (χ1) is 5.38. The Bertz CT molecular complexity index is 384. The Hall–Kier alpha value is -1.36. The molecule has 0 saturated carbocycles. The Morgan fingerprint density at radius 1 is 1.09 bits per heavy atom. The van der Waals surface area contributed by atoms with Gasteiger partial charge in [0.1, 0.15) is 18.2 Å². The molecule has 54 valence electrons. The highest BCUT2D eigenvalue weighted by molar-refractivity contribution is 6.33. The van der Waals surface area contributed by atoms with Crippen LogP contribution < -0.4 is 0 Å². The molecule has 0 aromatic carbocycles. The van der Waals surface area contributed by atoms with Crippen molar-refractivity contribution in [3.8, 4) is 0 Å². The largest absolute Gasteiger partial charge is 0.228 e. The van der Waals surface area contributed by atoms with Crippen LogP contribution in [0.5, 0.6) is 0 Å². The number of hydrogen-bond donors (Lipinski definition) is 0. The van der Waals surface area contributed by atoms with Crippen LogP contribution in [0.3, 0.4) is 0 Å². The Morgan fingerprint density at radius 3 is 2.82 bits per heavy atom. The molecule has 0 amide bonds. The van der Waals surface area contributed by atoms with E-state index in [9.17, 15) is 0 Å². The maximum Gasteiger partial charge on any atom is 0.205 e. The lowest BCUT2D eigenvalue weighted by Gasteiger charge is -1.92. The van der Waals surface area contributed by atoms with Gasteiger partial charge in [-0.2, -0.15) is 0 Å². The average Bonchev–Trinajstić information content (AvgIpc) is 2.06. The van der Waals surface area contributed by atoms with Crippen LogP contribution in [0.15, 0.2) is 12.7 Å². The Kier molecular flexibility index (Phi) is 1.36. The summed E-state index contributed by atoms with van der Waals surface area (Å²) >= 11 is 5.68. The first kappa shape index (κ1) is 6.36. The summed E-state index contributed by atoms with van der Waals surface area (Å²) in [5.41, 5.74) is 0.886. The summed E-state index contributed by atoms with van der Waals surface area (Å²) in [6.07, 6.45) is 2.62. The van der Waals surface area contributed by atoms with Crippen LogP contribution in [0.1, 0.15) is 0 Å². The van der Waals surface area contributed by atoms with Crippen molar-refractivity contribution < 1.29 is 0 Å². The number of nitrogens with zero attached hydrogens (tertiary/aromatic N) is 5. The average molecular weight is 168 g/mol. The minimum Gasteiger partial charge on any atom is -0.228 e. The number of fused-ring (bicyclic) bond motifs is 1. The van der Waals surface area contributed by atoms with E-state index in [0.29, 0.717) is 16.3 Å². The van der Waals surface area contributed by atoms with Gasteiger partial charge in [-0.25, -0.2) is 15.0 Å². The molecular weight excluding hydrogens is 166 g/mol. The van der Waals surface area contributed by atoms with E-state index in [-0.39, 0.29) is 0 Å². The molecule has 0 N–H and O–H groups in total. The molecular formula is C5H2ClN5. The summed E-state index contributed by atoms with van der Waals surface area (Å²) in [5, 5.41) is 7.53. The predicted octanol–water partition coefficient (Wildman–Crippen LogP) is 0.468. The lowest BCUT2D eigenvalue weighted by molar-refractivity contribution is 0.989. The van der Waals surface area contributed by atoms with Gasteiger partial charge in [-0.1, -0.05) is 11.6 Å². The quantitative estimate of drug-likeness (QED) is 0.534. The summed E-state index contributed by atoms with van der Waals surface area (Å²) in [5.74, 6) is 0. The minimum atomic E-state index is 0.296. The first-order valence-electron chi connectivity index (χ1n) is 2.82. The van der Waals surface area contributed by atoms with E-state index in [2.05, 4.69) is 25.1 Å². The summed E-state index contributed by atoms with van der Waals surface area (Å²) in [7, 11) is 0. The first-order valence-corrected chi connectivity index (χ1v) is 3.19. The van der Waals surface area contributed by atoms with Crippen LogP contribution in [0.4, 0.5) is 0 Å². The lowest BCUT2D eigenvalue weighted by Crippen LogP contribution is -1.91. The van der Waals surface area contributed by atoms with Crippen LogP contribution in [0, 0.1) is 0 Å². The normalized spacial score (nSPS) is 10.3. The molecule has 2 aromatic rings. The van der Waals surface area contributed by atoms with Crippen molar-refractivity contribution >= 4 is 22.8 Å². The molecule has 6 heteroatoms. The van der Waals surface area contributed by atoms with Gasteiger partial charge in [0.2, 0.25) is 5.65 Å². The lowest BCUT2D eigenvalue weighted by atomic mass is 10.5. The van der Waals surface area contributed by atoms with E-state index in [1.54, 1.807) is 0 Å². The molecule has 0 saturated heterocycles. The zero-order valence-corrected chi connectivity index (χ0v) is 6.02. The van der Waals surface area contributed by atoms with Crippen molar-refractivity contribution in [1.82, 2.24) is 25.1 Å². The van der Waals surface area contributed by atoms with Gasteiger partial charge in [0.15, 0.2) is 5.15 Å². The highest BCUT2D eigenvalue weighted by atomic mass is 35.5. The van der Waals surface area contributed by atoms with Gasteiger partial charge in [0.05, 0.1) is 0 Å². The Labute approximate surface area is 66.5 Å². The van der Waals surface area contributed by atoms with Crippen molar-refractivity contribution in [3.63, 3.8) is 0 Å². The molecule has 0 atom stereocenters. The molecule has 11 heavy (non-hydrogen) atoms. The van der Waals surface area contributed by atoms with Gasteiger partial charge in [-0.05, 0) is 0 Å². The second-order valence-corrected chi connectivity index (χ2v) is 2.15. The van der Waals surface area contributed by atoms with Crippen LogP contribution in [0.25, 0.3) is 11.2 Å². The Morgan fingerprint density at radius 2 is 2.00 bits per heavy atom. The maximum absolute atomic E-state index is 5.68. The van der Waals surface area contributed by atoms with E-state index in [4.69, 9.17) is 11.6 Å². The van der Waals surface area contributed by atoms with Crippen LogP contribution in [0.2, 0.25) is 5.15 Å². The molecule has 5 nitrogen and oxygen atoms in total. The fourth-order valence-corrected chi connectivity index (χ4v) is 0.874. The number of hydrogen-bond acceptors (Lipinski definition) is 5. The van der Waals surface area contributed by atoms with E-state index in [1.165, 1.54) is 12.7 Å². The standard InChI is InChI=1S/C5H2ClN5/c6-4-3-5(9-1-8-4)11-10-2-7-3/h1-2H. The molecule has 0 unspecified atom stereocenters. The fourth-order valence-electron chi connectivity index (χ4n) is 0.697. The highest BCUT2D eigenvalue weighted by Gasteiger charge is 2.01. The SMILES string of the molecule is Clc1ncnc2nncnc12. The number of aromatic nitrogens is 5. The molecule has 2 rings (SSSR count). The van der Waals surface area contributed by atoms with Gasteiger partial charge >= 0.3 is 0 Å². The van der Waals surface area contributed by atoms with Gasteiger partial charge < -0.3 is 0 Å². The summed E-state index contributed by atoms with van der Waals surface area (Å²) < 4.78 is 0. The van der Waals surface area contributed by atoms with Crippen LogP contribution >= 0.6 is 11.6 Å². The second-order valence-electron chi connectivity index (χ2n) is 1.80. The van der Waals surface area contributed by atoms with Crippen molar-refractivity contribution in [1.29, 1.82) is 0 Å². The van der Waals surface area contributed by atoms with E-state index >= 15 is 0 Å². The maximum atomic E-state index is 5.68. The summed E-state index contributed by atoms with van der Waals surface area (Å²) in [4.78, 5) is 11.4. The molecule has 2 aromatic heterocycles. The molecule has 0 radical (unpaired) electrons. The highest BCUT2D eigenvalue weighted by Crippen LogP contribution is 2.11. The van der Waals surface area contributed by atoms with Gasteiger partial charge in [-0.3, -0.25) is 0 Å². The van der Waals surface area contributed by atoms with Crippen molar-refractivity contribution in [2.45, 2.75) is 0 Å². The molecule has 2 heterocycles. The monoisotopic (exact) mass is 167 g/mol. The smallest absolute Gasteiger partial charge is 0.205 e. The molecule has 0 aliphatic rings. The van der Waals surface area contributed by atoms with Crippen molar-refractivity contribution in [3.05, 3.63) is 17.8 Å². The van der Waals surface area contributed by atoms with Gasteiger partial charge in [0.25, 0.3) is 0 Å². The zero-order valence-electron chi connectivity index (χ0n) is 5.27. The van der Waals surface area contributed by atoms with E-state index in [0.717, 1.165) is 0 Å². The van der Waals surface area contributed by atoms with E-state index < -0.39 is 0 Å². The third kappa shape index (κ3) is 0.988. The van der Waals surface area contributed by atoms with Gasteiger partial charge in [0, 0.05) is 0 Å². The third-order valence-electron chi connectivity index (χ3n) is 1.15. The third-order valence-corrected chi connectivity index (χ3v) is 1.43. The number of rotatable bonds is 0. The van der Waals surface area contributed by atoms with Crippen LogP contribution in [-0.4, -0.2) is 25.1 Å². The molecule has 0 aliphatic carbocycles. The summed E-state index contributed by atoms with van der Waals surface area (Å²) in [6, 6.07) is 0. The molecule has 0 aliphatic heterocycles. The molecule has 0 spiro atoms. The molecule has 0 bridgehead atoms. The van der Waals surface area contributed by atoms with Crippen molar-refractivity contribution in [2.75, 3.05) is 0 Å².